The van der Waals surface area contributed by atoms with Crippen molar-refractivity contribution in [3.63, 3.8) is 0 Å². The van der Waals surface area contributed by atoms with Crippen LogP contribution in [0.1, 0.15) is 18.1 Å². The highest BCUT2D eigenvalue weighted by atomic mass is 19.1. The number of likely N-dealkylation sites (N-methyl/N-ethyl adjacent to an activating group) is 1. The summed E-state index contributed by atoms with van der Waals surface area (Å²) >= 11 is 0. The van der Waals surface area contributed by atoms with Crippen molar-refractivity contribution < 1.29 is 18.9 Å². The van der Waals surface area contributed by atoms with Gasteiger partial charge in [0.05, 0.1) is 7.05 Å². The molecule has 3 N–H and O–H groups in total. The van der Waals surface area contributed by atoms with Gasteiger partial charge in [0.15, 0.2) is 12.6 Å². The van der Waals surface area contributed by atoms with Crippen molar-refractivity contribution in [2.75, 3.05) is 24.2 Å². The quantitative estimate of drug-likeness (QED) is 0.739. The Morgan fingerprint density at radius 1 is 1.08 bits per heavy atom. The number of quaternary nitrogens is 1. The van der Waals surface area contributed by atoms with Crippen molar-refractivity contribution in [1.82, 2.24) is 0 Å². The van der Waals surface area contributed by atoms with E-state index < -0.39 is 6.04 Å². The third-order valence-electron chi connectivity index (χ3n) is 4.56. The molecule has 0 aliphatic carbocycles. The van der Waals surface area contributed by atoms with E-state index in [1.165, 1.54) is 24.3 Å². The van der Waals surface area contributed by atoms with E-state index >= 15 is 0 Å². The summed E-state index contributed by atoms with van der Waals surface area (Å²) in [5.74, 6) is -0.742. The molecule has 0 aliphatic heterocycles. The molecule has 0 fully saturated rings. The minimum atomic E-state index is -0.440. The highest BCUT2D eigenvalue weighted by Gasteiger charge is 2.24. The van der Waals surface area contributed by atoms with Gasteiger partial charge in [-0.25, -0.2) is 4.39 Å². The Labute approximate surface area is 153 Å². The minimum absolute atomic E-state index is 0.155. The van der Waals surface area contributed by atoms with Crippen LogP contribution in [0.15, 0.2) is 42.5 Å². The summed E-state index contributed by atoms with van der Waals surface area (Å²) < 4.78 is 12.9. The van der Waals surface area contributed by atoms with Crippen molar-refractivity contribution in [3.8, 4) is 0 Å². The summed E-state index contributed by atoms with van der Waals surface area (Å²) in [6.07, 6.45) is 0. The molecule has 0 bridgehead atoms. The second-order valence-corrected chi connectivity index (χ2v) is 6.54. The molecule has 0 saturated carbocycles. The second kappa shape index (κ2) is 8.58. The molecule has 2 atom stereocenters. The average molecular weight is 358 g/mol. The second-order valence-electron chi connectivity index (χ2n) is 6.54. The fourth-order valence-electron chi connectivity index (χ4n) is 2.49. The van der Waals surface area contributed by atoms with E-state index in [-0.39, 0.29) is 24.2 Å². The zero-order valence-electron chi connectivity index (χ0n) is 15.5. The van der Waals surface area contributed by atoms with Crippen LogP contribution in [0.5, 0.6) is 0 Å². The molecule has 0 radical (unpaired) electrons. The SMILES string of the molecule is Cc1cccc(NC(=O)C[NH+](C)[C@@H](C)C(=O)Nc2ccc(F)cc2)c1C. The number of carbonyl (C=O) groups is 2. The first-order chi connectivity index (χ1) is 12.3. The van der Waals surface area contributed by atoms with Gasteiger partial charge in [-0.3, -0.25) is 9.59 Å². The van der Waals surface area contributed by atoms with Crippen LogP contribution in [0.3, 0.4) is 0 Å². The van der Waals surface area contributed by atoms with Gasteiger partial charge in [-0.15, -0.1) is 0 Å². The largest absolute Gasteiger partial charge is 0.321 e. The Morgan fingerprint density at radius 3 is 2.38 bits per heavy atom. The van der Waals surface area contributed by atoms with Gasteiger partial charge in [-0.05, 0) is 62.2 Å². The Bertz CT molecular complexity index is 790. The maximum atomic E-state index is 12.9. The number of rotatable bonds is 6. The zero-order valence-corrected chi connectivity index (χ0v) is 15.5. The predicted molar refractivity (Wildman–Crippen MR) is 101 cm³/mol. The van der Waals surface area contributed by atoms with E-state index in [9.17, 15) is 14.0 Å². The Kier molecular flexibility index (Phi) is 6.46. The topological polar surface area (TPSA) is 62.6 Å². The van der Waals surface area contributed by atoms with Gasteiger partial charge < -0.3 is 15.5 Å². The minimum Gasteiger partial charge on any atom is -0.321 e. The van der Waals surface area contributed by atoms with Gasteiger partial charge in [-0.2, -0.15) is 0 Å². The number of halogens is 1. The van der Waals surface area contributed by atoms with Gasteiger partial charge in [0.25, 0.3) is 11.8 Å². The van der Waals surface area contributed by atoms with Crippen LogP contribution >= 0.6 is 0 Å². The highest BCUT2D eigenvalue weighted by molar-refractivity contribution is 5.94. The summed E-state index contributed by atoms with van der Waals surface area (Å²) in [4.78, 5) is 25.4. The van der Waals surface area contributed by atoms with Crippen molar-refractivity contribution >= 4 is 23.2 Å². The maximum Gasteiger partial charge on any atom is 0.282 e. The molecule has 0 heterocycles. The molecule has 0 aromatic heterocycles. The lowest BCUT2D eigenvalue weighted by atomic mass is 10.1. The average Bonchev–Trinajstić information content (AvgIpc) is 2.60. The number of carbonyl (C=O) groups excluding carboxylic acids is 2. The van der Waals surface area contributed by atoms with E-state index in [1.54, 1.807) is 14.0 Å². The first-order valence-electron chi connectivity index (χ1n) is 8.52. The molecule has 0 aliphatic rings. The molecule has 26 heavy (non-hydrogen) atoms. The lowest BCUT2D eigenvalue weighted by Gasteiger charge is -2.21. The van der Waals surface area contributed by atoms with Crippen LogP contribution in [-0.2, 0) is 9.59 Å². The summed E-state index contributed by atoms with van der Waals surface area (Å²) in [5, 5.41) is 5.63. The molecular formula is C20H25FN3O2+. The normalized spacial score (nSPS) is 13.0. The van der Waals surface area contributed by atoms with Crippen LogP contribution in [0.2, 0.25) is 0 Å². The maximum absolute atomic E-state index is 12.9. The Morgan fingerprint density at radius 2 is 1.73 bits per heavy atom. The van der Waals surface area contributed by atoms with Crippen LogP contribution in [0.25, 0.3) is 0 Å². The van der Waals surface area contributed by atoms with Crippen molar-refractivity contribution in [2.24, 2.45) is 0 Å². The van der Waals surface area contributed by atoms with Gasteiger partial charge in [-0.1, -0.05) is 12.1 Å². The molecule has 2 amide bonds. The van der Waals surface area contributed by atoms with E-state index in [0.29, 0.717) is 5.69 Å². The first kappa shape index (κ1) is 19.6. The van der Waals surface area contributed by atoms with E-state index in [2.05, 4.69) is 10.6 Å². The Hall–Kier alpha value is -2.73. The van der Waals surface area contributed by atoms with E-state index in [4.69, 9.17) is 0 Å². The van der Waals surface area contributed by atoms with E-state index in [0.717, 1.165) is 21.7 Å². The lowest BCUT2D eigenvalue weighted by Crippen LogP contribution is -3.14. The van der Waals surface area contributed by atoms with Crippen molar-refractivity contribution in [1.29, 1.82) is 0 Å². The molecule has 138 valence electrons. The summed E-state index contributed by atoms with van der Waals surface area (Å²) in [6.45, 7) is 5.86. The number of amides is 2. The number of hydrogen-bond acceptors (Lipinski definition) is 2. The lowest BCUT2D eigenvalue weighted by molar-refractivity contribution is -0.885. The monoisotopic (exact) mass is 358 g/mol. The first-order valence-corrected chi connectivity index (χ1v) is 8.52. The molecule has 1 unspecified atom stereocenters. The van der Waals surface area contributed by atoms with Crippen molar-refractivity contribution in [3.05, 3.63) is 59.4 Å². The molecule has 5 nitrogen and oxygen atoms in total. The number of anilines is 2. The third-order valence-corrected chi connectivity index (χ3v) is 4.56. The van der Waals surface area contributed by atoms with Gasteiger partial charge in [0.2, 0.25) is 0 Å². The summed E-state index contributed by atoms with van der Waals surface area (Å²) in [5.41, 5.74) is 3.44. The van der Waals surface area contributed by atoms with Gasteiger partial charge in [0, 0.05) is 11.4 Å². The number of aryl methyl sites for hydroxylation is 1. The summed E-state index contributed by atoms with van der Waals surface area (Å²) in [7, 11) is 1.79. The summed E-state index contributed by atoms with van der Waals surface area (Å²) in [6, 6.07) is 10.9. The molecule has 2 rings (SSSR count). The van der Waals surface area contributed by atoms with Gasteiger partial charge >= 0.3 is 0 Å². The highest BCUT2D eigenvalue weighted by Crippen LogP contribution is 2.17. The van der Waals surface area contributed by atoms with E-state index in [1.807, 2.05) is 32.0 Å². The fourth-order valence-corrected chi connectivity index (χ4v) is 2.49. The number of nitrogens with one attached hydrogen (secondary N) is 3. The number of hydrogen-bond donors (Lipinski definition) is 3. The standard InChI is InChI=1S/C20H24FN3O2/c1-13-6-5-7-18(14(13)2)23-19(25)12-24(4)15(3)20(26)22-17-10-8-16(21)9-11-17/h5-11,15H,12H2,1-4H3,(H,22,26)(H,23,25)/p+1/t15-/m0/s1. The van der Waals surface area contributed by atoms with Gasteiger partial charge in [0.1, 0.15) is 5.82 Å². The molecule has 6 heteroatoms. The van der Waals surface area contributed by atoms with Crippen LogP contribution < -0.4 is 15.5 Å². The van der Waals surface area contributed by atoms with Crippen LogP contribution in [-0.4, -0.2) is 31.4 Å². The fraction of sp³-hybridized carbons (Fsp3) is 0.300. The third kappa shape index (κ3) is 5.13. The number of benzene rings is 2. The van der Waals surface area contributed by atoms with Crippen LogP contribution in [0.4, 0.5) is 15.8 Å². The molecular weight excluding hydrogens is 333 g/mol. The molecule has 2 aromatic carbocycles. The van der Waals surface area contributed by atoms with Crippen LogP contribution in [0, 0.1) is 19.7 Å². The smallest absolute Gasteiger partial charge is 0.282 e. The predicted octanol–water partition coefficient (Wildman–Crippen LogP) is 1.92. The molecule has 0 saturated heterocycles. The Balaban J connectivity index is 1.91. The van der Waals surface area contributed by atoms with Crippen molar-refractivity contribution in [2.45, 2.75) is 26.8 Å². The zero-order chi connectivity index (χ0) is 19.3. The molecule has 0 spiro atoms. The molecule has 2 aromatic rings.